The van der Waals surface area contributed by atoms with E-state index in [1.54, 1.807) is 0 Å². The molecule has 0 aliphatic carbocycles. The number of hydrogen-bond donors (Lipinski definition) is 1. The molecule has 0 bridgehead atoms. The highest BCUT2D eigenvalue weighted by atomic mass is 16.1. The summed E-state index contributed by atoms with van der Waals surface area (Å²) in [7, 11) is 0. The molecule has 0 unspecified atom stereocenters. The predicted octanol–water partition coefficient (Wildman–Crippen LogP) is 6.54. The molecule has 1 amide bonds. The van der Waals surface area contributed by atoms with Crippen LogP contribution < -0.4 is 5.73 Å². The van der Waals surface area contributed by atoms with Crippen molar-refractivity contribution >= 4 is 5.91 Å². The van der Waals surface area contributed by atoms with E-state index in [1.165, 1.54) is 69.8 Å². The highest BCUT2D eigenvalue weighted by Gasteiger charge is 2.15. The molecule has 0 heterocycles. The lowest BCUT2D eigenvalue weighted by Gasteiger charge is -2.15. The molecular formula is C21H41NO. The number of rotatable bonds is 15. The van der Waals surface area contributed by atoms with Gasteiger partial charge in [-0.2, -0.15) is 0 Å². The van der Waals surface area contributed by atoms with Gasteiger partial charge >= 0.3 is 0 Å². The average molecular weight is 324 g/mol. The summed E-state index contributed by atoms with van der Waals surface area (Å²) in [6, 6.07) is 0. The molecule has 2 nitrogen and oxygen atoms in total. The van der Waals surface area contributed by atoms with Crippen LogP contribution in [0.2, 0.25) is 0 Å². The van der Waals surface area contributed by atoms with E-state index in [-0.39, 0.29) is 11.8 Å². The Kier molecular flexibility index (Phi) is 14.3. The molecule has 0 atom stereocenters. The van der Waals surface area contributed by atoms with Gasteiger partial charge in [-0.05, 0) is 25.2 Å². The summed E-state index contributed by atoms with van der Waals surface area (Å²) in [6.07, 6.45) is 16.7. The second-order valence-corrected chi connectivity index (χ2v) is 7.22. The van der Waals surface area contributed by atoms with Gasteiger partial charge < -0.3 is 5.73 Å². The molecule has 0 aromatic carbocycles. The Bertz CT molecular complexity index is 331. The number of unbranched alkanes of at least 4 members (excludes halogenated alkanes) is 9. The Hall–Kier alpha value is -0.790. The molecule has 2 N–H and O–H groups in total. The maximum Gasteiger partial charge on any atom is 0.244 e. The summed E-state index contributed by atoms with van der Waals surface area (Å²) in [5, 5.41) is 0. The van der Waals surface area contributed by atoms with Crippen LogP contribution in [0.4, 0.5) is 0 Å². The Balaban J connectivity index is 3.97. The summed E-state index contributed by atoms with van der Waals surface area (Å²) in [6.45, 7) is 8.60. The fourth-order valence-electron chi connectivity index (χ4n) is 3.39. The van der Waals surface area contributed by atoms with E-state index in [1.807, 2.05) is 0 Å². The number of carbonyl (C=O) groups excluding carboxylic acids is 1. The molecule has 0 fully saturated rings. The molecule has 0 saturated carbocycles. The third-order valence-electron chi connectivity index (χ3n) is 4.61. The lowest BCUT2D eigenvalue weighted by Crippen LogP contribution is -2.20. The number of carbonyl (C=O) groups is 1. The number of nitrogens with two attached hydrogens (primary N) is 1. The second kappa shape index (κ2) is 14.8. The van der Waals surface area contributed by atoms with Gasteiger partial charge in [-0.25, -0.2) is 0 Å². The van der Waals surface area contributed by atoms with Gasteiger partial charge in [0.2, 0.25) is 5.91 Å². The fraction of sp³-hybridized carbons (Fsp3) is 0.857. The van der Waals surface area contributed by atoms with E-state index in [0.29, 0.717) is 0 Å². The van der Waals surface area contributed by atoms with Gasteiger partial charge in [-0.1, -0.05) is 97.5 Å². The maximum atomic E-state index is 11.7. The van der Waals surface area contributed by atoms with E-state index >= 15 is 0 Å². The van der Waals surface area contributed by atoms with Gasteiger partial charge in [0.25, 0.3) is 0 Å². The normalized spacial score (nSPS) is 12.6. The zero-order chi connectivity index (χ0) is 17.5. The van der Waals surface area contributed by atoms with E-state index in [9.17, 15) is 4.79 Å². The van der Waals surface area contributed by atoms with Gasteiger partial charge in [-0.3, -0.25) is 4.79 Å². The van der Waals surface area contributed by atoms with Crippen molar-refractivity contribution in [3.63, 3.8) is 0 Å². The molecule has 0 rings (SSSR count). The van der Waals surface area contributed by atoms with Gasteiger partial charge in [-0.15, -0.1) is 0 Å². The van der Waals surface area contributed by atoms with E-state index < -0.39 is 0 Å². The summed E-state index contributed by atoms with van der Waals surface area (Å²) in [5.74, 6) is 0.0349. The van der Waals surface area contributed by atoms with E-state index in [4.69, 9.17) is 5.73 Å². The lowest BCUT2D eigenvalue weighted by atomic mass is 9.90. The maximum absolute atomic E-state index is 11.7. The molecule has 0 aliphatic heterocycles. The minimum atomic E-state index is -0.212. The smallest absolute Gasteiger partial charge is 0.244 e. The van der Waals surface area contributed by atoms with Crippen LogP contribution in [0.1, 0.15) is 111 Å². The Morgan fingerprint density at radius 3 is 1.61 bits per heavy atom. The molecule has 2 heteroatoms. The zero-order valence-corrected chi connectivity index (χ0v) is 16.3. The third-order valence-corrected chi connectivity index (χ3v) is 4.61. The molecule has 0 spiro atoms. The van der Waals surface area contributed by atoms with Crippen molar-refractivity contribution in [2.75, 3.05) is 0 Å². The van der Waals surface area contributed by atoms with Crippen molar-refractivity contribution < 1.29 is 4.79 Å². The average Bonchev–Trinajstić information content (AvgIpc) is 2.48. The monoisotopic (exact) mass is 323 g/mol. The Morgan fingerprint density at radius 2 is 1.22 bits per heavy atom. The first-order chi connectivity index (χ1) is 11.0. The van der Waals surface area contributed by atoms with Crippen molar-refractivity contribution in [2.45, 2.75) is 111 Å². The fourth-order valence-corrected chi connectivity index (χ4v) is 3.39. The predicted molar refractivity (Wildman–Crippen MR) is 102 cm³/mol. The van der Waals surface area contributed by atoms with Crippen LogP contribution in [0.3, 0.4) is 0 Å². The SMILES string of the molecule is CCCCCCCCCCCC/C(CCC)=C(\C(N)=O)C(C)C. The van der Waals surface area contributed by atoms with E-state index in [2.05, 4.69) is 27.7 Å². The van der Waals surface area contributed by atoms with Crippen LogP contribution in [0.15, 0.2) is 11.1 Å². The van der Waals surface area contributed by atoms with Crippen LogP contribution in [-0.4, -0.2) is 5.91 Å². The third kappa shape index (κ3) is 11.4. The standard InChI is InChI=1S/C21H41NO/c1-5-7-8-9-10-11-12-13-14-15-17-19(16-6-2)20(18(3)4)21(22)23/h18H,5-17H2,1-4H3,(H2,22,23)/b20-19-. The van der Waals surface area contributed by atoms with Crippen molar-refractivity contribution in [1.29, 1.82) is 0 Å². The van der Waals surface area contributed by atoms with Crippen molar-refractivity contribution in [1.82, 2.24) is 0 Å². The minimum absolute atomic E-state index is 0.212. The molecule has 0 aliphatic rings. The lowest BCUT2D eigenvalue weighted by molar-refractivity contribution is -0.115. The molecule has 0 aromatic heterocycles. The van der Waals surface area contributed by atoms with Crippen LogP contribution >= 0.6 is 0 Å². The van der Waals surface area contributed by atoms with Crippen LogP contribution in [0.5, 0.6) is 0 Å². The van der Waals surface area contributed by atoms with Crippen LogP contribution in [0, 0.1) is 5.92 Å². The second-order valence-electron chi connectivity index (χ2n) is 7.22. The molecule has 0 saturated heterocycles. The van der Waals surface area contributed by atoms with Gasteiger partial charge in [0.1, 0.15) is 0 Å². The van der Waals surface area contributed by atoms with Crippen molar-refractivity contribution in [2.24, 2.45) is 11.7 Å². The Labute approximate surface area is 145 Å². The molecule has 0 radical (unpaired) electrons. The Morgan fingerprint density at radius 1 is 0.739 bits per heavy atom. The van der Waals surface area contributed by atoms with Gasteiger partial charge in [0, 0.05) is 5.57 Å². The molecule has 136 valence electrons. The largest absolute Gasteiger partial charge is 0.366 e. The highest BCUT2D eigenvalue weighted by molar-refractivity contribution is 5.93. The minimum Gasteiger partial charge on any atom is -0.366 e. The topological polar surface area (TPSA) is 43.1 Å². The van der Waals surface area contributed by atoms with Crippen molar-refractivity contribution in [3.05, 3.63) is 11.1 Å². The molecule has 23 heavy (non-hydrogen) atoms. The van der Waals surface area contributed by atoms with E-state index in [0.717, 1.165) is 24.8 Å². The van der Waals surface area contributed by atoms with Crippen LogP contribution in [-0.2, 0) is 4.79 Å². The number of primary amides is 1. The van der Waals surface area contributed by atoms with Gasteiger partial charge in [0.05, 0.1) is 0 Å². The van der Waals surface area contributed by atoms with Crippen LogP contribution in [0.25, 0.3) is 0 Å². The number of amides is 1. The summed E-state index contributed by atoms with van der Waals surface area (Å²) < 4.78 is 0. The number of allylic oxidation sites excluding steroid dienone is 1. The molecule has 0 aromatic rings. The summed E-state index contributed by atoms with van der Waals surface area (Å²) in [5.41, 5.74) is 7.80. The summed E-state index contributed by atoms with van der Waals surface area (Å²) >= 11 is 0. The van der Waals surface area contributed by atoms with Gasteiger partial charge in [0.15, 0.2) is 0 Å². The number of hydrogen-bond acceptors (Lipinski definition) is 1. The first kappa shape index (κ1) is 22.2. The zero-order valence-electron chi connectivity index (χ0n) is 16.3. The first-order valence-electron chi connectivity index (χ1n) is 10.1. The summed E-state index contributed by atoms with van der Waals surface area (Å²) in [4.78, 5) is 11.7. The van der Waals surface area contributed by atoms with Crippen molar-refractivity contribution in [3.8, 4) is 0 Å². The quantitative estimate of drug-likeness (QED) is 0.270. The highest BCUT2D eigenvalue weighted by Crippen LogP contribution is 2.24. The molecular weight excluding hydrogens is 282 g/mol. The first-order valence-corrected chi connectivity index (χ1v) is 10.1.